The van der Waals surface area contributed by atoms with Gasteiger partial charge in [-0.3, -0.25) is 0 Å². The molecule has 0 N–H and O–H groups in total. The van der Waals surface area contributed by atoms with E-state index in [0.717, 1.165) is 0 Å². The van der Waals surface area contributed by atoms with Gasteiger partial charge in [0.1, 0.15) is 8.07 Å². The van der Waals surface area contributed by atoms with Crippen molar-refractivity contribution in [1.29, 1.82) is 0 Å². The summed E-state index contributed by atoms with van der Waals surface area (Å²) in [6, 6.07) is 67.9. The van der Waals surface area contributed by atoms with E-state index in [9.17, 15) is 0 Å². The summed E-state index contributed by atoms with van der Waals surface area (Å²) in [4.78, 5) is 0. The lowest BCUT2D eigenvalue weighted by Crippen LogP contribution is -2.49. The fourth-order valence-corrected chi connectivity index (χ4v) is 11.9. The Morgan fingerprint density at radius 1 is 0.294 bits per heavy atom. The summed E-state index contributed by atoms with van der Waals surface area (Å²) in [5, 5.41) is 10.8. The SMILES string of the molecule is C[Si]1(C)c2ccccc2-c2cc3c(-c4cccc(-c5ccccc5)c4)c4ccc(-c5cccc6ccccc56)cc4c(-c4ccccc4)c3cc21. The molecule has 0 amide bonds. The lowest BCUT2D eigenvalue weighted by Gasteiger charge is -2.23. The van der Waals surface area contributed by atoms with Gasteiger partial charge in [-0.15, -0.1) is 0 Å². The quantitative estimate of drug-likeness (QED) is 0.130. The molecule has 51 heavy (non-hydrogen) atoms. The van der Waals surface area contributed by atoms with Crippen LogP contribution in [0.3, 0.4) is 0 Å². The first-order chi connectivity index (χ1) is 25.1. The third-order valence-electron chi connectivity index (χ3n) is 11.2. The standard InChI is InChI=1S/C50H36Si/c1-51(2)47-26-12-11-24-41(47)43-31-45-46(32-48(43)51)49(35-18-7-4-8-19-35)44-30-37(40-25-14-20-34-17-9-10-23-39(34)40)27-28-42(44)50(45)38-22-13-21-36(29-38)33-15-5-3-6-16-33/h3-32H,1-2H3. The molecule has 9 aromatic rings. The molecular formula is C50H36Si. The van der Waals surface area contributed by atoms with Crippen LogP contribution in [-0.4, -0.2) is 8.07 Å². The number of fused-ring (bicyclic) bond motifs is 6. The van der Waals surface area contributed by atoms with Crippen LogP contribution in [0.1, 0.15) is 0 Å². The van der Waals surface area contributed by atoms with Crippen molar-refractivity contribution in [2.45, 2.75) is 13.1 Å². The van der Waals surface area contributed by atoms with E-state index in [-0.39, 0.29) is 0 Å². The summed E-state index contributed by atoms with van der Waals surface area (Å²) >= 11 is 0. The molecule has 10 rings (SSSR count). The molecular weight excluding hydrogens is 629 g/mol. The molecule has 0 aromatic heterocycles. The first-order valence-electron chi connectivity index (χ1n) is 17.9. The Morgan fingerprint density at radius 2 is 0.882 bits per heavy atom. The van der Waals surface area contributed by atoms with E-state index in [1.54, 1.807) is 0 Å². The van der Waals surface area contributed by atoms with Gasteiger partial charge in [-0.1, -0.05) is 177 Å². The van der Waals surface area contributed by atoms with Crippen molar-refractivity contribution < 1.29 is 0 Å². The van der Waals surface area contributed by atoms with Gasteiger partial charge in [-0.05, 0) is 117 Å². The molecule has 0 bridgehead atoms. The maximum absolute atomic E-state index is 2.59. The Bertz CT molecular complexity index is 2800. The fourth-order valence-electron chi connectivity index (χ4n) is 8.78. The minimum Gasteiger partial charge on any atom is -0.0623 e. The van der Waals surface area contributed by atoms with Gasteiger partial charge in [-0.2, -0.15) is 0 Å². The minimum absolute atomic E-state index is 1.23. The van der Waals surface area contributed by atoms with Crippen LogP contribution in [0.25, 0.3) is 88.0 Å². The number of hydrogen-bond acceptors (Lipinski definition) is 0. The van der Waals surface area contributed by atoms with E-state index in [4.69, 9.17) is 0 Å². The van der Waals surface area contributed by atoms with Gasteiger partial charge in [0, 0.05) is 0 Å². The minimum atomic E-state index is -1.93. The molecule has 1 heteroatoms. The molecule has 240 valence electrons. The van der Waals surface area contributed by atoms with Crippen molar-refractivity contribution >= 4 is 50.8 Å². The Morgan fingerprint density at radius 3 is 1.73 bits per heavy atom. The fraction of sp³-hybridized carbons (Fsp3) is 0.0400. The summed E-state index contributed by atoms with van der Waals surface area (Å²) in [7, 11) is -1.93. The Kier molecular flexibility index (Phi) is 6.74. The monoisotopic (exact) mass is 664 g/mol. The average molecular weight is 665 g/mol. The van der Waals surface area contributed by atoms with E-state index >= 15 is 0 Å². The van der Waals surface area contributed by atoms with E-state index in [1.807, 2.05) is 0 Å². The second-order valence-electron chi connectivity index (χ2n) is 14.5. The molecule has 0 spiro atoms. The number of hydrogen-bond donors (Lipinski definition) is 0. The predicted molar refractivity (Wildman–Crippen MR) is 223 cm³/mol. The van der Waals surface area contributed by atoms with E-state index in [0.29, 0.717) is 0 Å². The zero-order valence-electron chi connectivity index (χ0n) is 28.8. The van der Waals surface area contributed by atoms with Gasteiger partial charge in [0.15, 0.2) is 0 Å². The largest absolute Gasteiger partial charge is 0.113 e. The molecule has 0 atom stereocenters. The highest BCUT2D eigenvalue weighted by atomic mass is 28.3. The van der Waals surface area contributed by atoms with Gasteiger partial charge in [0.05, 0.1) is 0 Å². The Balaban J connectivity index is 1.37. The highest BCUT2D eigenvalue weighted by Crippen LogP contribution is 2.47. The molecule has 0 aliphatic carbocycles. The van der Waals surface area contributed by atoms with Crippen LogP contribution in [0, 0.1) is 0 Å². The molecule has 0 saturated carbocycles. The second kappa shape index (κ2) is 11.5. The third kappa shape index (κ3) is 4.66. The normalized spacial score (nSPS) is 13.1. The highest BCUT2D eigenvalue weighted by molar-refractivity contribution is 7.04. The Hall–Kier alpha value is -6.02. The van der Waals surface area contributed by atoms with Crippen molar-refractivity contribution in [1.82, 2.24) is 0 Å². The molecule has 0 unspecified atom stereocenters. The Labute approximate surface area is 300 Å². The van der Waals surface area contributed by atoms with Crippen LogP contribution in [0.15, 0.2) is 182 Å². The highest BCUT2D eigenvalue weighted by Gasteiger charge is 2.38. The lowest BCUT2D eigenvalue weighted by atomic mass is 9.83. The van der Waals surface area contributed by atoms with Crippen LogP contribution >= 0.6 is 0 Å². The van der Waals surface area contributed by atoms with Gasteiger partial charge in [0.2, 0.25) is 0 Å². The molecule has 1 aliphatic rings. The maximum Gasteiger partial charge on any atom is 0.113 e. The molecule has 0 radical (unpaired) electrons. The van der Waals surface area contributed by atoms with Gasteiger partial charge in [0.25, 0.3) is 0 Å². The first-order valence-corrected chi connectivity index (χ1v) is 20.9. The van der Waals surface area contributed by atoms with E-state index in [2.05, 4.69) is 195 Å². The molecule has 9 aromatic carbocycles. The van der Waals surface area contributed by atoms with E-state index in [1.165, 1.54) is 98.3 Å². The summed E-state index contributed by atoms with van der Waals surface area (Å²) in [5.74, 6) is 0. The van der Waals surface area contributed by atoms with Crippen molar-refractivity contribution in [3.05, 3.63) is 182 Å². The zero-order chi connectivity index (χ0) is 34.1. The van der Waals surface area contributed by atoms with Crippen LogP contribution in [0.4, 0.5) is 0 Å². The van der Waals surface area contributed by atoms with Gasteiger partial charge < -0.3 is 0 Å². The zero-order valence-corrected chi connectivity index (χ0v) is 29.8. The molecule has 0 nitrogen and oxygen atoms in total. The van der Waals surface area contributed by atoms with E-state index < -0.39 is 8.07 Å². The summed E-state index contributed by atoms with van der Waals surface area (Å²) < 4.78 is 0. The summed E-state index contributed by atoms with van der Waals surface area (Å²) in [5.41, 5.74) is 12.9. The van der Waals surface area contributed by atoms with Crippen molar-refractivity contribution in [2.24, 2.45) is 0 Å². The molecule has 1 aliphatic heterocycles. The van der Waals surface area contributed by atoms with Gasteiger partial charge >= 0.3 is 0 Å². The van der Waals surface area contributed by atoms with Crippen LogP contribution < -0.4 is 10.4 Å². The smallest absolute Gasteiger partial charge is 0.0623 e. The molecule has 0 fully saturated rings. The second-order valence-corrected chi connectivity index (χ2v) is 18.8. The number of benzene rings is 9. The van der Waals surface area contributed by atoms with Crippen LogP contribution in [0.5, 0.6) is 0 Å². The third-order valence-corrected chi connectivity index (χ3v) is 14.8. The first kappa shape index (κ1) is 29.9. The topological polar surface area (TPSA) is 0 Å². The molecule has 1 heterocycles. The summed E-state index contributed by atoms with van der Waals surface area (Å²) in [6.45, 7) is 5.05. The average Bonchev–Trinajstić information content (AvgIpc) is 3.41. The van der Waals surface area contributed by atoms with Crippen LogP contribution in [-0.2, 0) is 0 Å². The summed E-state index contributed by atoms with van der Waals surface area (Å²) in [6.07, 6.45) is 0. The van der Waals surface area contributed by atoms with Crippen molar-refractivity contribution in [2.75, 3.05) is 0 Å². The maximum atomic E-state index is 2.59. The lowest BCUT2D eigenvalue weighted by molar-refractivity contribution is 1.61. The predicted octanol–water partition coefficient (Wildman–Crippen LogP) is 12.6. The number of rotatable bonds is 4. The molecule has 0 saturated heterocycles. The van der Waals surface area contributed by atoms with Gasteiger partial charge in [-0.25, -0.2) is 0 Å². The van der Waals surface area contributed by atoms with Crippen molar-refractivity contribution in [3.8, 4) is 55.6 Å². The van der Waals surface area contributed by atoms with Crippen molar-refractivity contribution in [3.63, 3.8) is 0 Å². The van der Waals surface area contributed by atoms with Crippen LogP contribution in [0.2, 0.25) is 13.1 Å².